The number of amides is 1. The van der Waals surface area contributed by atoms with E-state index in [0.717, 1.165) is 32.4 Å². The molecule has 2 rings (SSSR count). The third-order valence-corrected chi connectivity index (χ3v) is 4.33. The van der Waals surface area contributed by atoms with Gasteiger partial charge in [0.25, 0.3) is 0 Å². The van der Waals surface area contributed by atoms with Crippen molar-refractivity contribution in [3.8, 4) is 0 Å². The van der Waals surface area contributed by atoms with Crippen molar-refractivity contribution < 1.29 is 9.53 Å². The van der Waals surface area contributed by atoms with Gasteiger partial charge in [-0.25, -0.2) is 4.79 Å². The Kier molecular flexibility index (Phi) is 4.97. The molecule has 2 aliphatic rings. The van der Waals surface area contributed by atoms with E-state index < -0.39 is 5.60 Å². The molecule has 21 heavy (non-hydrogen) atoms. The highest BCUT2D eigenvalue weighted by Gasteiger charge is 2.49. The second-order valence-electron chi connectivity index (χ2n) is 7.62. The van der Waals surface area contributed by atoms with E-state index in [-0.39, 0.29) is 6.09 Å². The molecule has 0 aromatic carbocycles. The maximum Gasteiger partial charge on any atom is 0.410 e. The van der Waals surface area contributed by atoms with Crippen LogP contribution in [0.15, 0.2) is 11.6 Å². The largest absolute Gasteiger partial charge is 0.444 e. The number of nitrogens with one attached hydrogen (secondary N) is 1. The molecule has 0 saturated carbocycles. The predicted molar refractivity (Wildman–Crippen MR) is 85.3 cm³/mol. The van der Waals surface area contributed by atoms with Crippen molar-refractivity contribution in [1.29, 1.82) is 0 Å². The highest BCUT2D eigenvalue weighted by atomic mass is 16.6. The fourth-order valence-electron chi connectivity index (χ4n) is 3.48. The van der Waals surface area contributed by atoms with Crippen LogP contribution in [-0.4, -0.2) is 41.8 Å². The van der Waals surface area contributed by atoms with E-state index >= 15 is 0 Å². The van der Waals surface area contributed by atoms with Crippen LogP contribution < -0.4 is 5.32 Å². The first-order chi connectivity index (χ1) is 9.78. The van der Waals surface area contributed by atoms with Gasteiger partial charge < -0.3 is 15.0 Å². The molecular weight excluding hydrogens is 264 g/mol. The Balaban J connectivity index is 1.87. The van der Waals surface area contributed by atoms with Gasteiger partial charge in [0.2, 0.25) is 0 Å². The lowest BCUT2D eigenvalue weighted by atomic mass is 9.89. The molecule has 0 aromatic rings. The summed E-state index contributed by atoms with van der Waals surface area (Å²) in [6.45, 7) is 11.9. The Labute approximate surface area is 128 Å². The summed E-state index contributed by atoms with van der Waals surface area (Å²) < 4.78 is 5.56. The van der Waals surface area contributed by atoms with Gasteiger partial charge in [0.15, 0.2) is 0 Å². The van der Waals surface area contributed by atoms with E-state index in [4.69, 9.17) is 4.74 Å². The average Bonchev–Trinajstić information content (AvgIpc) is 2.89. The molecule has 0 radical (unpaired) electrons. The summed E-state index contributed by atoms with van der Waals surface area (Å²) in [5.74, 6) is 0.571. The lowest BCUT2D eigenvalue weighted by Gasteiger charge is -2.28. The minimum absolute atomic E-state index is 0.123. The van der Waals surface area contributed by atoms with E-state index in [0.29, 0.717) is 18.0 Å². The van der Waals surface area contributed by atoms with Gasteiger partial charge in [-0.1, -0.05) is 11.6 Å². The van der Waals surface area contributed by atoms with Crippen molar-refractivity contribution in [3.63, 3.8) is 0 Å². The van der Waals surface area contributed by atoms with Crippen molar-refractivity contribution in [2.75, 3.05) is 13.1 Å². The Morgan fingerprint density at radius 2 is 2.05 bits per heavy atom. The number of nitrogens with zero attached hydrogens (tertiary/aromatic N) is 1. The molecule has 4 heteroatoms. The van der Waals surface area contributed by atoms with Crippen LogP contribution in [0.2, 0.25) is 0 Å². The van der Waals surface area contributed by atoms with Gasteiger partial charge in [0.05, 0.1) is 0 Å². The topological polar surface area (TPSA) is 41.6 Å². The van der Waals surface area contributed by atoms with Crippen LogP contribution in [0.5, 0.6) is 0 Å². The Morgan fingerprint density at radius 1 is 1.33 bits per heavy atom. The molecular formula is C17H30N2O2. The fraction of sp³-hybridized carbons (Fsp3) is 0.824. The maximum atomic E-state index is 12.4. The standard InChI is InChI=1S/C17H30N2O2/c1-12(2)8-9-18-11-13-10-14-6-7-15(13)19(14)16(20)21-17(3,4)5/h8,13-15,18H,6-7,9-11H2,1-5H3. The summed E-state index contributed by atoms with van der Waals surface area (Å²) in [7, 11) is 0. The van der Waals surface area contributed by atoms with Gasteiger partial charge in [-0.3, -0.25) is 0 Å². The van der Waals surface area contributed by atoms with Crippen molar-refractivity contribution in [2.45, 2.75) is 71.6 Å². The minimum Gasteiger partial charge on any atom is -0.444 e. The number of fused-ring (bicyclic) bond motifs is 2. The number of hydrogen-bond acceptors (Lipinski definition) is 3. The van der Waals surface area contributed by atoms with Gasteiger partial charge in [0.1, 0.15) is 5.60 Å². The zero-order chi connectivity index (χ0) is 15.6. The van der Waals surface area contributed by atoms with Crippen LogP contribution >= 0.6 is 0 Å². The molecule has 2 saturated heterocycles. The highest BCUT2D eigenvalue weighted by molar-refractivity contribution is 5.70. The number of rotatable bonds is 4. The van der Waals surface area contributed by atoms with E-state index in [1.54, 1.807) is 0 Å². The molecule has 0 aliphatic carbocycles. The maximum absolute atomic E-state index is 12.4. The van der Waals surface area contributed by atoms with E-state index in [1.807, 2.05) is 25.7 Å². The summed E-state index contributed by atoms with van der Waals surface area (Å²) in [4.78, 5) is 14.4. The number of hydrogen-bond donors (Lipinski definition) is 1. The van der Waals surface area contributed by atoms with Crippen molar-refractivity contribution in [1.82, 2.24) is 10.2 Å². The molecule has 2 bridgehead atoms. The average molecular weight is 294 g/mol. The summed E-state index contributed by atoms with van der Waals surface area (Å²) in [6.07, 6.45) is 5.46. The van der Waals surface area contributed by atoms with Crippen LogP contribution in [0.3, 0.4) is 0 Å². The van der Waals surface area contributed by atoms with Crippen LogP contribution in [0.25, 0.3) is 0 Å². The molecule has 2 heterocycles. The molecule has 3 atom stereocenters. The van der Waals surface area contributed by atoms with Crippen LogP contribution in [-0.2, 0) is 4.74 Å². The number of carbonyl (C=O) groups is 1. The first-order valence-corrected chi connectivity index (χ1v) is 8.13. The summed E-state index contributed by atoms with van der Waals surface area (Å²) in [5.41, 5.74) is 0.932. The van der Waals surface area contributed by atoms with Crippen LogP contribution in [0, 0.1) is 5.92 Å². The molecule has 0 aromatic heterocycles. The lowest BCUT2D eigenvalue weighted by Crippen LogP contribution is -2.41. The molecule has 4 nitrogen and oxygen atoms in total. The smallest absolute Gasteiger partial charge is 0.410 e. The van der Waals surface area contributed by atoms with Gasteiger partial charge in [-0.15, -0.1) is 0 Å². The molecule has 2 aliphatic heterocycles. The third kappa shape index (κ3) is 4.22. The number of ether oxygens (including phenoxy) is 1. The Morgan fingerprint density at radius 3 is 2.67 bits per heavy atom. The third-order valence-electron chi connectivity index (χ3n) is 4.33. The number of carbonyl (C=O) groups excluding carboxylic acids is 1. The molecule has 3 unspecified atom stereocenters. The van der Waals surface area contributed by atoms with E-state index in [9.17, 15) is 4.79 Å². The fourth-order valence-corrected chi connectivity index (χ4v) is 3.48. The first kappa shape index (κ1) is 16.3. The molecule has 2 fully saturated rings. The quantitative estimate of drug-likeness (QED) is 0.639. The lowest BCUT2D eigenvalue weighted by molar-refractivity contribution is 0.0205. The second-order valence-corrected chi connectivity index (χ2v) is 7.62. The van der Waals surface area contributed by atoms with E-state index in [2.05, 4.69) is 25.2 Å². The van der Waals surface area contributed by atoms with Crippen molar-refractivity contribution >= 4 is 6.09 Å². The molecule has 1 amide bonds. The SMILES string of the molecule is CC(C)=CCNCC1CC2CCC1N2C(=O)OC(C)(C)C. The second kappa shape index (κ2) is 6.39. The summed E-state index contributed by atoms with van der Waals surface area (Å²) >= 11 is 0. The van der Waals surface area contributed by atoms with Crippen molar-refractivity contribution in [2.24, 2.45) is 5.92 Å². The molecule has 120 valence electrons. The summed E-state index contributed by atoms with van der Waals surface area (Å²) in [5, 5.41) is 3.50. The zero-order valence-electron chi connectivity index (χ0n) is 14.1. The minimum atomic E-state index is -0.406. The first-order valence-electron chi connectivity index (χ1n) is 8.13. The molecule has 0 spiro atoms. The highest BCUT2D eigenvalue weighted by Crippen LogP contribution is 2.42. The molecule has 1 N–H and O–H groups in total. The summed E-state index contributed by atoms with van der Waals surface area (Å²) in [6, 6.07) is 0.754. The predicted octanol–water partition coefficient (Wildman–Crippen LogP) is 3.33. The van der Waals surface area contributed by atoms with Gasteiger partial charge in [0, 0.05) is 25.2 Å². The normalized spacial score (nSPS) is 27.9. The monoisotopic (exact) mass is 294 g/mol. The van der Waals surface area contributed by atoms with Gasteiger partial charge >= 0.3 is 6.09 Å². The Bertz CT molecular complexity index is 408. The number of allylic oxidation sites excluding steroid dienone is 1. The van der Waals surface area contributed by atoms with Crippen LogP contribution in [0.1, 0.15) is 53.9 Å². The Hall–Kier alpha value is -1.03. The van der Waals surface area contributed by atoms with Gasteiger partial charge in [-0.05, 0) is 59.8 Å². The van der Waals surface area contributed by atoms with E-state index in [1.165, 1.54) is 5.57 Å². The van der Waals surface area contributed by atoms with Crippen LogP contribution in [0.4, 0.5) is 4.79 Å². The van der Waals surface area contributed by atoms with Gasteiger partial charge in [-0.2, -0.15) is 0 Å². The van der Waals surface area contributed by atoms with Crippen molar-refractivity contribution in [3.05, 3.63) is 11.6 Å². The zero-order valence-corrected chi connectivity index (χ0v) is 14.1.